The van der Waals surface area contributed by atoms with Crippen LogP contribution in [-0.2, 0) is 6.54 Å². The highest BCUT2D eigenvalue weighted by Gasteiger charge is 2.06. The molecule has 21 heavy (non-hydrogen) atoms. The molecule has 0 atom stereocenters. The average Bonchev–Trinajstić information content (AvgIpc) is 3.13. The summed E-state index contributed by atoms with van der Waals surface area (Å²) < 4.78 is 2.00. The molecular formula is C16H17N3OS. The highest BCUT2D eigenvalue weighted by molar-refractivity contribution is 7.12. The minimum absolute atomic E-state index is 0.00571. The molecule has 1 N–H and O–H groups in total. The average molecular weight is 299 g/mol. The van der Waals surface area contributed by atoms with Crippen molar-refractivity contribution in [1.82, 2.24) is 15.1 Å². The fourth-order valence-corrected chi connectivity index (χ4v) is 2.92. The van der Waals surface area contributed by atoms with Gasteiger partial charge in [0.2, 0.25) is 0 Å². The first-order valence-corrected chi connectivity index (χ1v) is 7.86. The lowest BCUT2D eigenvalue weighted by Crippen LogP contribution is -2.24. The monoisotopic (exact) mass is 299 g/mol. The smallest absolute Gasteiger partial charge is 0.261 e. The highest BCUT2D eigenvalue weighted by atomic mass is 32.1. The maximum atomic E-state index is 11.8. The lowest BCUT2D eigenvalue weighted by Gasteiger charge is -2.06. The van der Waals surface area contributed by atoms with Gasteiger partial charge in [0.1, 0.15) is 0 Å². The van der Waals surface area contributed by atoms with Gasteiger partial charge in [-0.1, -0.05) is 18.2 Å². The van der Waals surface area contributed by atoms with Gasteiger partial charge in [-0.3, -0.25) is 9.48 Å². The van der Waals surface area contributed by atoms with E-state index in [0.717, 1.165) is 28.7 Å². The molecule has 0 aliphatic carbocycles. The van der Waals surface area contributed by atoms with Crippen LogP contribution in [0.4, 0.5) is 0 Å². The highest BCUT2D eigenvalue weighted by Crippen LogP contribution is 2.15. The molecule has 3 aromatic rings. The van der Waals surface area contributed by atoms with E-state index in [9.17, 15) is 4.79 Å². The van der Waals surface area contributed by atoms with Crippen LogP contribution >= 0.6 is 11.3 Å². The van der Waals surface area contributed by atoms with Gasteiger partial charge in [0.05, 0.1) is 16.6 Å². The molecule has 2 aromatic heterocycles. The van der Waals surface area contributed by atoms with Crippen LogP contribution in [0.25, 0.3) is 10.9 Å². The van der Waals surface area contributed by atoms with Crippen LogP contribution in [0.2, 0.25) is 0 Å². The number of thiophene rings is 1. The normalized spacial score (nSPS) is 10.9. The predicted octanol–water partition coefficient (Wildman–Crippen LogP) is 3.23. The molecule has 3 rings (SSSR count). The zero-order valence-corrected chi connectivity index (χ0v) is 12.7. The Hall–Kier alpha value is -2.14. The Balaban J connectivity index is 1.55. The third-order valence-corrected chi connectivity index (χ3v) is 4.25. The molecule has 0 radical (unpaired) electrons. The Morgan fingerprint density at radius 1 is 1.38 bits per heavy atom. The van der Waals surface area contributed by atoms with E-state index in [-0.39, 0.29) is 5.91 Å². The van der Waals surface area contributed by atoms with E-state index in [4.69, 9.17) is 0 Å². The summed E-state index contributed by atoms with van der Waals surface area (Å²) >= 11 is 1.46. The number of carbonyl (C=O) groups is 1. The topological polar surface area (TPSA) is 46.9 Å². The summed E-state index contributed by atoms with van der Waals surface area (Å²) in [5.74, 6) is 0.00571. The van der Waals surface area contributed by atoms with Crippen LogP contribution in [0.1, 0.15) is 21.7 Å². The number of hydrogen-bond donors (Lipinski definition) is 1. The number of rotatable bonds is 5. The Bertz CT molecular complexity index is 746. The van der Waals surface area contributed by atoms with E-state index in [1.807, 2.05) is 28.4 Å². The van der Waals surface area contributed by atoms with Crippen molar-refractivity contribution < 1.29 is 4.79 Å². The van der Waals surface area contributed by atoms with Crippen molar-refractivity contribution in [1.29, 1.82) is 0 Å². The second kappa shape index (κ2) is 6.10. The minimum Gasteiger partial charge on any atom is -0.351 e. The number of nitrogens with zero attached hydrogens (tertiary/aromatic N) is 2. The number of aryl methyl sites for hydroxylation is 2. The Morgan fingerprint density at radius 2 is 2.29 bits per heavy atom. The fourth-order valence-electron chi connectivity index (χ4n) is 2.28. The number of aromatic nitrogens is 2. The van der Waals surface area contributed by atoms with Crippen LogP contribution in [-0.4, -0.2) is 22.2 Å². The van der Waals surface area contributed by atoms with E-state index in [1.54, 1.807) is 0 Å². The molecule has 0 spiro atoms. The van der Waals surface area contributed by atoms with E-state index >= 15 is 0 Å². The zero-order valence-electron chi connectivity index (χ0n) is 11.9. The first-order valence-electron chi connectivity index (χ1n) is 6.98. The fraction of sp³-hybridized carbons (Fsp3) is 0.250. The van der Waals surface area contributed by atoms with Crippen molar-refractivity contribution in [3.05, 3.63) is 52.3 Å². The molecule has 0 aliphatic rings. The Kier molecular flexibility index (Phi) is 4.01. The molecular weight excluding hydrogens is 282 g/mol. The van der Waals surface area contributed by atoms with Gasteiger partial charge in [-0.2, -0.15) is 5.10 Å². The molecule has 4 nitrogen and oxygen atoms in total. The summed E-state index contributed by atoms with van der Waals surface area (Å²) in [5.41, 5.74) is 2.38. The first kappa shape index (κ1) is 13.8. The van der Waals surface area contributed by atoms with Crippen molar-refractivity contribution >= 4 is 28.1 Å². The molecule has 1 amide bonds. The molecule has 0 fully saturated rings. The number of carbonyl (C=O) groups excluding carboxylic acids is 1. The molecule has 1 aromatic carbocycles. The summed E-state index contributed by atoms with van der Waals surface area (Å²) in [6.07, 6.45) is 2.75. The summed E-state index contributed by atoms with van der Waals surface area (Å²) in [4.78, 5) is 12.6. The maximum Gasteiger partial charge on any atom is 0.261 e. The number of fused-ring (bicyclic) bond motifs is 1. The quantitative estimate of drug-likeness (QED) is 0.735. The van der Waals surface area contributed by atoms with Crippen molar-refractivity contribution in [2.45, 2.75) is 19.9 Å². The van der Waals surface area contributed by atoms with Gasteiger partial charge >= 0.3 is 0 Å². The predicted molar refractivity (Wildman–Crippen MR) is 85.7 cm³/mol. The van der Waals surface area contributed by atoms with Crippen molar-refractivity contribution in [2.75, 3.05) is 6.54 Å². The van der Waals surface area contributed by atoms with Gasteiger partial charge in [0.25, 0.3) is 5.91 Å². The molecule has 5 heteroatoms. The second-order valence-corrected chi connectivity index (χ2v) is 5.96. The number of benzene rings is 1. The van der Waals surface area contributed by atoms with Crippen LogP contribution in [0, 0.1) is 6.92 Å². The second-order valence-electron chi connectivity index (χ2n) is 5.02. The van der Waals surface area contributed by atoms with Crippen LogP contribution < -0.4 is 5.32 Å². The van der Waals surface area contributed by atoms with Gasteiger partial charge in [0, 0.05) is 18.5 Å². The Labute approximate surface area is 127 Å². The zero-order chi connectivity index (χ0) is 14.7. The molecule has 0 saturated heterocycles. The molecule has 108 valence electrons. The number of hydrogen-bond acceptors (Lipinski definition) is 3. The van der Waals surface area contributed by atoms with Gasteiger partial charge in [-0.05, 0) is 36.4 Å². The summed E-state index contributed by atoms with van der Waals surface area (Å²) in [5, 5.41) is 10.4. The third-order valence-electron chi connectivity index (χ3n) is 3.38. The van der Waals surface area contributed by atoms with E-state index in [0.29, 0.717) is 6.54 Å². The van der Waals surface area contributed by atoms with Gasteiger partial charge < -0.3 is 5.32 Å². The minimum atomic E-state index is 0.00571. The van der Waals surface area contributed by atoms with Gasteiger partial charge in [-0.25, -0.2) is 0 Å². The number of amides is 1. The van der Waals surface area contributed by atoms with Gasteiger partial charge in [-0.15, -0.1) is 11.3 Å². The van der Waals surface area contributed by atoms with Gasteiger partial charge in [0.15, 0.2) is 0 Å². The summed E-state index contributed by atoms with van der Waals surface area (Å²) in [6, 6.07) is 10.1. The standard InChI is InChI=1S/C16H17N3OS/c1-12-5-6-13-11-18-19(14(13)10-12)8-3-7-17-16(20)15-4-2-9-21-15/h2,4-6,9-11H,3,7-8H2,1H3,(H,17,20). The molecule has 0 unspecified atom stereocenters. The molecule has 2 heterocycles. The van der Waals surface area contributed by atoms with Crippen LogP contribution in [0.5, 0.6) is 0 Å². The van der Waals surface area contributed by atoms with E-state index < -0.39 is 0 Å². The maximum absolute atomic E-state index is 11.8. The Morgan fingerprint density at radius 3 is 3.10 bits per heavy atom. The van der Waals surface area contributed by atoms with Crippen molar-refractivity contribution in [3.63, 3.8) is 0 Å². The lowest BCUT2D eigenvalue weighted by atomic mass is 10.2. The molecule has 0 bridgehead atoms. The largest absolute Gasteiger partial charge is 0.351 e. The number of nitrogens with one attached hydrogen (secondary N) is 1. The molecule has 0 aliphatic heterocycles. The SMILES string of the molecule is Cc1ccc2cnn(CCCNC(=O)c3cccs3)c2c1. The van der Waals surface area contributed by atoms with Crippen molar-refractivity contribution in [2.24, 2.45) is 0 Å². The molecule has 0 saturated carbocycles. The van der Waals surface area contributed by atoms with E-state index in [2.05, 4.69) is 35.5 Å². The first-order chi connectivity index (χ1) is 10.2. The lowest BCUT2D eigenvalue weighted by molar-refractivity contribution is 0.0956. The van der Waals surface area contributed by atoms with Crippen LogP contribution in [0.15, 0.2) is 41.9 Å². The van der Waals surface area contributed by atoms with E-state index in [1.165, 1.54) is 16.9 Å². The van der Waals surface area contributed by atoms with Crippen LogP contribution in [0.3, 0.4) is 0 Å². The van der Waals surface area contributed by atoms with Crippen molar-refractivity contribution in [3.8, 4) is 0 Å². The summed E-state index contributed by atoms with van der Waals surface area (Å²) in [6.45, 7) is 3.54. The summed E-state index contributed by atoms with van der Waals surface area (Å²) in [7, 11) is 0. The third kappa shape index (κ3) is 3.13.